The van der Waals surface area contributed by atoms with Crippen molar-refractivity contribution in [1.29, 1.82) is 10.7 Å². The van der Waals surface area contributed by atoms with E-state index in [-0.39, 0.29) is 74.4 Å². The Bertz CT molecular complexity index is 512. The van der Waals surface area contributed by atoms with Crippen LogP contribution in [0.1, 0.15) is 19.4 Å². The second kappa shape index (κ2) is 8.62. The van der Waals surface area contributed by atoms with Crippen molar-refractivity contribution in [3.8, 4) is 6.07 Å². The summed E-state index contributed by atoms with van der Waals surface area (Å²) in [7, 11) is 1.60. The number of hydrogen-bond donors (Lipinski definition) is 1. The Kier molecular flexibility index (Phi) is 8.38. The number of allylic oxidation sites excluding steroid dienone is 2. The summed E-state index contributed by atoms with van der Waals surface area (Å²) in [4.78, 5) is 0. The van der Waals surface area contributed by atoms with Crippen LogP contribution in [0.15, 0.2) is 35.5 Å². The number of rotatable bonds is 4. The summed E-state index contributed by atoms with van der Waals surface area (Å²) in [6.07, 6.45) is 0. The molecule has 19 heavy (non-hydrogen) atoms. The van der Waals surface area contributed by atoms with Gasteiger partial charge in [-0.3, -0.25) is 5.41 Å². The molecule has 0 spiro atoms. The van der Waals surface area contributed by atoms with Gasteiger partial charge in [-0.2, -0.15) is 5.26 Å². The molecule has 1 rings (SSSR count). The molecule has 0 atom stereocenters. The van der Waals surface area contributed by atoms with Crippen LogP contribution < -0.4 is 51.4 Å². The van der Waals surface area contributed by atoms with Crippen molar-refractivity contribution in [3.05, 3.63) is 52.2 Å². The third-order valence-corrected chi connectivity index (χ3v) is 2.54. The van der Waals surface area contributed by atoms with Gasteiger partial charge in [0.2, 0.25) is 0 Å². The molecule has 3 nitrogen and oxygen atoms in total. The van der Waals surface area contributed by atoms with Gasteiger partial charge >= 0.3 is 51.4 Å². The van der Waals surface area contributed by atoms with E-state index >= 15 is 0 Å². The Morgan fingerprint density at radius 1 is 1.32 bits per heavy atom. The van der Waals surface area contributed by atoms with Crippen LogP contribution in [0.5, 0.6) is 0 Å². The SMILES string of the molecule is C[N-]/C(=C(/C#N)C(=N)c1ccc(F)cc1)C(C)C.[K+]. The largest absolute Gasteiger partial charge is 1.00 e. The molecule has 5 heteroatoms. The molecule has 0 aromatic heterocycles. The maximum Gasteiger partial charge on any atom is 1.00 e. The molecule has 0 fully saturated rings. The van der Waals surface area contributed by atoms with E-state index in [2.05, 4.69) is 5.32 Å². The topological polar surface area (TPSA) is 61.7 Å². The van der Waals surface area contributed by atoms with Gasteiger partial charge in [0.15, 0.2) is 0 Å². The van der Waals surface area contributed by atoms with Crippen LogP contribution in [0.3, 0.4) is 0 Å². The fourth-order valence-corrected chi connectivity index (χ4v) is 1.66. The predicted octanol–water partition coefficient (Wildman–Crippen LogP) is 0.635. The molecule has 0 amide bonds. The Labute approximate surface area is 155 Å². The Morgan fingerprint density at radius 2 is 1.84 bits per heavy atom. The smallest absolute Gasteiger partial charge is 0.689 e. The maximum atomic E-state index is 12.8. The van der Waals surface area contributed by atoms with E-state index in [9.17, 15) is 9.65 Å². The van der Waals surface area contributed by atoms with E-state index in [1.54, 1.807) is 7.05 Å². The number of benzene rings is 1. The molecule has 0 aliphatic heterocycles. The summed E-state index contributed by atoms with van der Waals surface area (Å²) in [5.41, 5.74) is 1.41. The van der Waals surface area contributed by atoms with Gasteiger partial charge < -0.3 is 5.32 Å². The molecular formula is C14H15FKN3. The van der Waals surface area contributed by atoms with Crippen LogP contribution in [0.2, 0.25) is 0 Å². The number of hydrogen-bond acceptors (Lipinski definition) is 2. The van der Waals surface area contributed by atoms with Crippen LogP contribution in [-0.4, -0.2) is 12.8 Å². The van der Waals surface area contributed by atoms with Crippen LogP contribution >= 0.6 is 0 Å². The van der Waals surface area contributed by atoms with E-state index in [0.717, 1.165) is 0 Å². The first kappa shape index (κ1) is 18.5. The Balaban J connectivity index is 0.00000324. The third-order valence-electron chi connectivity index (χ3n) is 2.54. The van der Waals surface area contributed by atoms with Gasteiger partial charge in [-0.15, -0.1) is 12.7 Å². The Morgan fingerprint density at radius 3 is 2.21 bits per heavy atom. The van der Waals surface area contributed by atoms with Crippen molar-refractivity contribution >= 4 is 5.71 Å². The first-order valence-electron chi connectivity index (χ1n) is 5.60. The fraction of sp³-hybridized carbons (Fsp3) is 0.286. The molecule has 0 heterocycles. The van der Waals surface area contributed by atoms with Gasteiger partial charge in [0.1, 0.15) is 5.82 Å². The zero-order valence-electron chi connectivity index (χ0n) is 11.7. The van der Waals surface area contributed by atoms with E-state index in [1.165, 1.54) is 24.3 Å². The summed E-state index contributed by atoms with van der Waals surface area (Å²) >= 11 is 0. The van der Waals surface area contributed by atoms with Crippen molar-refractivity contribution in [2.75, 3.05) is 7.05 Å². The predicted molar refractivity (Wildman–Crippen MR) is 70.0 cm³/mol. The first-order valence-corrected chi connectivity index (χ1v) is 5.60. The first-order chi connectivity index (χ1) is 8.51. The normalized spacial score (nSPS) is 11.2. The van der Waals surface area contributed by atoms with Gasteiger partial charge in [-0.25, -0.2) is 4.39 Å². The molecular weight excluding hydrogens is 268 g/mol. The van der Waals surface area contributed by atoms with Gasteiger partial charge in [-0.05, 0) is 30.2 Å². The van der Waals surface area contributed by atoms with Gasteiger partial charge in [0, 0.05) is 5.56 Å². The zero-order valence-corrected chi connectivity index (χ0v) is 14.8. The zero-order chi connectivity index (χ0) is 13.7. The number of nitriles is 1. The molecule has 0 aliphatic rings. The minimum Gasteiger partial charge on any atom is -0.689 e. The molecule has 0 aliphatic carbocycles. The average molecular weight is 283 g/mol. The molecule has 1 N–H and O–H groups in total. The molecule has 0 unspecified atom stereocenters. The van der Waals surface area contributed by atoms with Crippen molar-refractivity contribution in [1.82, 2.24) is 0 Å². The summed E-state index contributed by atoms with van der Waals surface area (Å²) in [6, 6.07) is 7.54. The molecule has 1 aromatic rings. The molecule has 1 aromatic carbocycles. The second-order valence-corrected chi connectivity index (χ2v) is 4.13. The number of nitrogens with one attached hydrogen (secondary N) is 1. The summed E-state index contributed by atoms with van der Waals surface area (Å²) in [6.45, 7) is 3.83. The van der Waals surface area contributed by atoms with Crippen molar-refractivity contribution in [2.24, 2.45) is 5.92 Å². The molecule has 94 valence electrons. The summed E-state index contributed by atoms with van der Waals surface area (Å²) < 4.78 is 12.8. The van der Waals surface area contributed by atoms with E-state index in [1.807, 2.05) is 19.9 Å². The summed E-state index contributed by atoms with van der Waals surface area (Å²) in [5.74, 6) is -0.302. The van der Waals surface area contributed by atoms with E-state index in [4.69, 9.17) is 5.41 Å². The van der Waals surface area contributed by atoms with Crippen LogP contribution in [0, 0.1) is 28.5 Å². The van der Waals surface area contributed by atoms with Gasteiger partial charge in [0.25, 0.3) is 0 Å². The second-order valence-electron chi connectivity index (χ2n) is 4.13. The van der Waals surface area contributed by atoms with Gasteiger partial charge in [0.05, 0.1) is 17.4 Å². The van der Waals surface area contributed by atoms with E-state index < -0.39 is 0 Å². The van der Waals surface area contributed by atoms with Crippen LogP contribution in [0.25, 0.3) is 5.32 Å². The number of halogens is 1. The van der Waals surface area contributed by atoms with Crippen molar-refractivity contribution in [3.63, 3.8) is 0 Å². The number of nitrogens with zero attached hydrogens (tertiary/aromatic N) is 2. The van der Waals surface area contributed by atoms with Crippen molar-refractivity contribution in [2.45, 2.75) is 13.8 Å². The molecule has 0 saturated carbocycles. The Hall–Kier alpha value is -0.514. The van der Waals surface area contributed by atoms with E-state index in [0.29, 0.717) is 11.3 Å². The maximum absolute atomic E-state index is 12.8. The minimum absolute atomic E-state index is 0. The third kappa shape index (κ3) is 4.82. The average Bonchev–Trinajstić information content (AvgIpc) is 2.35. The standard InChI is InChI=1S/C14H15FN3.K/c1-9(2)14(18-3)12(8-16)13(17)10-4-6-11(15)7-5-10;/h4-7,9,17H,1-3H3;/q-1;+1/b14-12-,17-13?;. The fourth-order valence-electron chi connectivity index (χ4n) is 1.66. The van der Waals surface area contributed by atoms with Crippen molar-refractivity contribution < 1.29 is 55.8 Å². The van der Waals surface area contributed by atoms with Gasteiger partial charge in [-0.1, -0.05) is 13.8 Å². The van der Waals surface area contributed by atoms with Crippen LogP contribution in [-0.2, 0) is 0 Å². The molecule has 0 bridgehead atoms. The minimum atomic E-state index is -0.363. The molecule has 0 radical (unpaired) electrons. The van der Waals surface area contributed by atoms with Crippen LogP contribution in [0.4, 0.5) is 4.39 Å². The summed E-state index contributed by atoms with van der Waals surface area (Å²) in [5, 5.41) is 21.3. The monoisotopic (exact) mass is 283 g/mol. The quantitative estimate of drug-likeness (QED) is 0.492. The molecule has 0 saturated heterocycles.